The minimum atomic E-state index is -3.00. The predicted molar refractivity (Wildman–Crippen MR) is 75.2 cm³/mol. The van der Waals surface area contributed by atoms with E-state index in [4.69, 9.17) is 0 Å². The molecular formula is C12H27N3O2S. The largest absolute Gasteiger partial charge is 0.313 e. The summed E-state index contributed by atoms with van der Waals surface area (Å²) in [5.41, 5.74) is 0. The van der Waals surface area contributed by atoms with Crippen LogP contribution >= 0.6 is 0 Å². The van der Waals surface area contributed by atoms with Crippen LogP contribution in [0.5, 0.6) is 0 Å². The quantitative estimate of drug-likeness (QED) is 0.761. The number of hydrogen-bond acceptors (Lipinski definition) is 4. The first-order chi connectivity index (χ1) is 8.30. The van der Waals surface area contributed by atoms with Crippen molar-refractivity contribution in [3.8, 4) is 0 Å². The zero-order chi connectivity index (χ0) is 13.8. The molecule has 1 fully saturated rings. The zero-order valence-electron chi connectivity index (χ0n) is 12.0. The van der Waals surface area contributed by atoms with E-state index >= 15 is 0 Å². The lowest BCUT2D eigenvalue weighted by atomic mass is 10.1. The van der Waals surface area contributed by atoms with E-state index in [1.165, 1.54) is 6.26 Å². The average Bonchev–Trinajstić information content (AvgIpc) is 2.28. The van der Waals surface area contributed by atoms with Crippen molar-refractivity contribution in [1.29, 1.82) is 0 Å². The van der Waals surface area contributed by atoms with Crippen LogP contribution in [0.1, 0.15) is 26.7 Å². The van der Waals surface area contributed by atoms with Gasteiger partial charge in [-0.05, 0) is 33.7 Å². The van der Waals surface area contributed by atoms with Crippen LogP contribution in [0.15, 0.2) is 0 Å². The van der Waals surface area contributed by atoms with E-state index in [1.807, 2.05) is 0 Å². The van der Waals surface area contributed by atoms with E-state index < -0.39 is 10.0 Å². The van der Waals surface area contributed by atoms with Crippen molar-refractivity contribution >= 4 is 10.0 Å². The maximum Gasteiger partial charge on any atom is 0.211 e. The number of likely N-dealkylation sites (N-methyl/N-ethyl adjacent to an activating group) is 1. The molecule has 0 unspecified atom stereocenters. The van der Waals surface area contributed by atoms with Crippen LogP contribution in [0.3, 0.4) is 0 Å². The van der Waals surface area contributed by atoms with E-state index in [9.17, 15) is 8.42 Å². The highest BCUT2D eigenvalue weighted by Gasteiger charge is 2.24. The summed E-state index contributed by atoms with van der Waals surface area (Å²) in [6.45, 7) is 7.67. The Bertz CT molecular complexity index is 335. The number of piperidine rings is 1. The van der Waals surface area contributed by atoms with Gasteiger partial charge in [-0.1, -0.05) is 0 Å². The van der Waals surface area contributed by atoms with Gasteiger partial charge in [0.1, 0.15) is 0 Å². The lowest BCUT2D eigenvalue weighted by Gasteiger charge is -2.31. The molecule has 0 radical (unpaired) electrons. The fourth-order valence-electron chi connectivity index (χ4n) is 2.09. The second-order valence-corrected chi connectivity index (χ2v) is 7.45. The van der Waals surface area contributed by atoms with Crippen LogP contribution in [0.25, 0.3) is 0 Å². The number of hydrogen-bond donors (Lipinski definition) is 1. The molecule has 1 saturated heterocycles. The van der Waals surface area contributed by atoms with E-state index in [0.29, 0.717) is 25.2 Å². The van der Waals surface area contributed by atoms with E-state index in [0.717, 1.165) is 25.9 Å². The Labute approximate surface area is 112 Å². The van der Waals surface area contributed by atoms with Crippen molar-refractivity contribution in [3.05, 3.63) is 0 Å². The topological polar surface area (TPSA) is 52.6 Å². The summed E-state index contributed by atoms with van der Waals surface area (Å²) in [7, 11) is -0.874. The number of nitrogens with zero attached hydrogens (tertiary/aromatic N) is 2. The van der Waals surface area contributed by atoms with Crippen LogP contribution in [-0.2, 0) is 10.0 Å². The normalized spacial score (nSPS) is 19.9. The molecule has 1 heterocycles. The molecule has 5 nitrogen and oxygen atoms in total. The second-order valence-electron chi connectivity index (χ2n) is 5.46. The van der Waals surface area contributed by atoms with Gasteiger partial charge in [-0.25, -0.2) is 12.7 Å². The third-order valence-corrected chi connectivity index (χ3v) is 5.01. The average molecular weight is 277 g/mol. The molecule has 0 spiro atoms. The molecule has 1 aliphatic rings. The zero-order valence-corrected chi connectivity index (χ0v) is 12.8. The Morgan fingerprint density at radius 1 is 1.33 bits per heavy atom. The molecule has 6 heteroatoms. The first kappa shape index (κ1) is 15.9. The van der Waals surface area contributed by atoms with Crippen LogP contribution in [0, 0.1) is 0 Å². The van der Waals surface area contributed by atoms with Crippen LogP contribution in [0.2, 0.25) is 0 Å². The lowest BCUT2D eigenvalue weighted by molar-refractivity contribution is 0.250. The molecule has 0 aliphatic carbocycles. The van der Waals surface area contributed by atoms with Gasteiger partial charge >= 0.3 is 0 Å². The van der Waals surface area contributed by atoms with Crippen molar-refractivity contribution in [2.24, 2.45) is 0 Å². The summed E-state index contributed by atoms with van der Waals surface area (Å²) in [5.74, 6) is 0. The summed E-state index contributed by atoms with van der Waals surface area (Å²) in [6, 6.07) is 1.03. The highest BCUT2D eigenvalue weighted by molar-refractivity contribution is 7.88. The minimum absolute atomic E-state index is 0.462. The third kappa shape index (κ3) is 5.22. The molecule has 0 saturated carbocycles. The minimum Gasteiger partial charge on any atom is -0.313 e. The lowest BCUT2D eigenvalue weighted by Crippen LogP contribution is -2.46. The number of sulfonamides is 1. The van der Waals surface area contributed by atoms with E-state index in [1.54, 1.807) is 4.31 Å². The van der Waals surface area contributed by atoms with Crippen molar-refractivity contribution < 1.29 is 8.42 Å². The Hall–Kier alpha value is -0.170. The van der Waals surface area contributed by atoms with Crippen molar-refractivity contribution in [3.63, 3.8) is 0 Å². The smallest absolute Gasteiger partial charge is 0.211 e. The van der Waals surface area contributed by atoms with Gasteiger partial charge in [-0.2, -0.15) is 0 Å². The fraction of sp³-hybridized carbons (Fsp3) is 1.00. The van der Waals surface area contributed by atoms with Crippen LogP contribution < -0.4 is 5.32 Å². The maximum atomic E-state index is 11.4. The number of rotatable bonds is 6. The van der Waals surface area contributed by atoms with Crippen molar-refractivity contribution in [2.45, 2.75) is 38.8 Å². The van der Waals surface area contributed by atoms with Gasteiger partial charge in [0, 0.05) is 38.3 Å². The molecular weight excluding hydrogens is 250 g/mol. The highest BCUT2D eigenvalue weighted by atomic mass is 32.2. The molecule has 0 aromatic heterocycles. The van der Waals surface area contributed by atoms with Gasteiger partial charge in [-0.3, -0.25) is 0 Å². The molecule has 18 heavy (non-hydrogen) atoms. The standard InChI is InChI=1S/C12H27N3O2S/c1-11(2)14(3)10-7-13-12-5-8-15(9-6-12)18(4,16)17/h11-13H,5-10H2,1-4H3. The van der Waals surface area contributed by atoms with Gasteiger partial charge in [0.15, 0.2) is 0 Å². The third-order valence-electron chi connectivity index (χ3n) is 3.70. The van der Waals surface area contributed by atoms with Gasteiger partial charge in [0.25, 0.3) is 0 Å². The fourth-order valence-corrected chi connectivity index (χ4v) is 2.97. The SMILES string of the molecule is CC(C)N(C)CCNC1CCN(S(C)(=O)=O)CC1. The summed E-state index contributed by atoms with van der Waals surface area (Å²) < 4.78 is 24.3. The Balaban J connectivity index is 2.20. The number of nitrogens with one attached hydrogen (secondary N) is 1. The van der Waals surface area contributed by atoms with Gasteiger partial charge < -0.3 is 10.2 Å². The van der Waals surface area contributed by atoms with E-state index in [-0.39, 0.29) is 0 Å². The first-order valence-corrected chi connectivity index (χ1v) is 8.54. The van der Waals surface area contributed by atoms with Crippen LogP contribution in [0.4, 0.5) is 0 Å². The maximum absolute atomic E-state index is 11.4. The van der Waals surface area contributed by atoms with Crippen LogP contribution in [-0.4, -0.2) is 69.2 Å². The van der Waals surface area contributed by atoms with Gasteiger partial charge in [-0.15, -0.1) is 0 Å². The Morgan fingerprint density at radius 2 is 1.89 bits per heavy atom. The Morgan fingerprint density at radius 3 is 2.33 bits per heavy atom. The summed E-state index contributed by atoms with van der Waals surface area (Å²) in [5, 5.41) is 3.52. The molecule has 0 aromatic carbocycles. The van der Waals surface area contributed by atoms with Crippen molar-refractivity contribution in [1.82, 2.24) is 14.5 Å². The summed E-state index contributed by atoms with van der Waals surface area (Å²) in [4.78, 5) is 2.30. The Kier molecular flexibility index (Phi) is 6.04. The molecule has 1 aliphatic heterocycles. The molecule has 0 atom stereocenters. The second kappa shape index (κ2) is 6.84. The van der Waals surface area contributed by atoms with E-state index in [2.05, 4.69) is 31.1 Å². The summed E-state index contributed by atoms with van der Waals surface area (Å²) >= 11 is 0. The van der Waals surface area contributed by atoms with Crippen molar-refractivity contribution in [2.75, 3.05) is 39.5 Å². The predicted octanol–water partition coefficient (Wildman–Crippen LogP) is 0.340. The summed E-state index contributed by atoms with van der Waals surface area (Å²) in [6.07, 6.45) is 3.12. The highest BCUT2D eigenvalue weighted by Crippen LogP contribution is 2.12. The monoisotopic (exact) mass is 277 g/mol. The molecule has 0 aromatic rings. The molecule has 1 rings (SSSR count). The molecule has 0 bridgehead atoms. The molecule has 0 amide bonds. The molecule has 1 N–H and O–H groups in total. The first-order valence-electron chi connectivity index (χ1n) is 6.69. The van der Waals surface area contributed by atoms with Gasteiger partial charge in [0.2, 0.25) is 10.0 Å². The molecule has 108 valence electrons. The van der Waals surface area contributed by atoms with Gasteiger partial charge in [0.05, 0.1) is 6.26 Å².